The first-order valence-corrected chi connectivity index (χ1v) is 8.63. The maximum Gasteiger partial charge on any atom is 0.335 e. The fourth-order valence-electron chi connectivity index (χ4n) is 2.46. The largest absolute Gasteiger partial charge is 0.497 e. The van der Waals surface area contributed by atoms with Gasteiger partial charge in [0.1, 0.15) is 5.75 Å². The first-order valence-electron chi connectivity index (χ1n) is 7.75. The molecule has 2 aromatic carbocycles. The van der Waals surface area contributed by atoms with Gasteiger partial charge in [-0.15, -0.1) is 11.8 Å². The lowest BCUT2D eigenvalue weighted by molar-refractivity contribution is -0.120. The lowest BCUT2D eigenvalue weighted by Crippen LogP contribution is -2.32. The molecule has 0 aliphatic carbocycles. The molecule has 1 unspecified atom stereocenters. The first kappa shape index (κ1) is 17.8. The highest BCUT2D eigenvalue weighted by Crippen LogP contribution is 2.39. The zero-order valence-corrected chi connectivity index (χ0v) is 14.6. The third-order valence-corrected chi connectivity index (χ3v) is 5.05. The van der Waals surface area contributed by atoms with Crippen LogP contribution in [0.3, 0.4) is 0 Å². The van der Waals surface area contributed by atoms with Gasteiger partial charge >= 0.3 is 5.97 Å². The molecule has 26 heavy (non-hydrogen) atoms. The van der Waals surface area contributed by atoms with Crippen molar-refractivity contribution in [3.05, 3.63) is 48.0 Å². The number of carboxylic acid groups (broad SMARTS) is 1. The summed E-state index contributed by atoms with van der Waals surface area (Å²) in [4.78, 5) is 36.1. The highest BCUT2D eigenvalue weighted by Gasteiger charge is 2.29. The number of aromatic carboxylic acids is 1. The van der Waals surface area contributed by atoms with Gasteiger partial charge in [-0.3, -0.25) is 9.59 Å². The monoisotopic (exact) mass is 372 g/mol. The zero-order valence-electron chi connectivity index (χ0n) is 13.8. The molecule has 0 aromatic heterocycles. The summed E-state index contributed by atoms with van der Waals surface area (Å²) in [6.45, 7) is 0. The molecule has 7 nitrogen and oxygen atoms in total. The number of carbonyl (C=O) groups is 3. The first-order chi connectivity index (χ1) is 12.5. The number of ether oxygens (including phenoxy) is 1. The van der Waals surface area contributed by atoms with Crippen molar-refractivity contribution in [3.8, 4) is 5.75 Å². The van der Waals surface area contributed by atoms with Crippen molar-refractivity contribution in [2.24, 2.45) is 0 Å². The van der Waals surface area contributed by atoms with Crippen LogP contribution in [0.2, 0.25) is 0 Å². The Morgan fingerprint density at radius 2 is 1.96 bits per heavy atom. The van der Waals surface area contributed by atoms with E-state index in [9.17, 15) is 14.4 Å². The van der Waals surface area contributed by atoms with Gasteiger partial charge in [0, 0.05) is 17.0 Å². The van der Waals surface area contributed by atoms with E-state index in [2.05, 4.69) is 10.6 Å². The van der Waals surface area contributed by atoms with Crippen LogP contribution in [-0.2, 0) is 9.59 Å². The van der Waals surface area contributed by atoms with Crippen molar-refractivity contribution in [1.82, 2.24) is 0 Å². The summed E-state index contributed by atoms with van der Waals surface area (Å²) in [7, 11) is 1.56. The normalized spacial score (nSPS) is 15.6. The van der Waals surface area contributed by atoms with Crippen LogP contribution in [0.5, 0.6) is 5.75 Å². The van der Waals surface area contributed by atoms with E-state index < -0.39 is 11.2 Å². The van der Waals surface area contributed by atoms with Crippen molar-refractivity contribution < 1.29 is 24.2 Å². The molecule has 1 aliphatic heterocycles. The maximum atomic E-state index is 12.2. The molecule has 3 rings (SSSR count). The van der Waals surface area contributed by atoms with Gasteiger partial charge in [0.15, 0.2) is 0 Å². The van der Waals surface area contributed by atoms with E-state index in [0.717, 1.165) is 4.90 Å². The number of rotatable bonds is 5. The van der Waals surface area contributed by atoms with Crippen LogP contribution < -0.4 is 15.4 Å². The highest BCUT2D eigenvalue weighted by atomic mass is 32.2. The molecule has 0 fully saturated rings. The fourth-order valence-corrected chi connectivity index (χ4v) is 3.60. The van der Waals surface area contributed by atoms with Gasteiger partial charge in [-0.1, -0.05) is 0 Å². The lowest BCUT2D eigenvalue weighted by atomic mass is 10.2. The number of anilines is 2. The van der Waals surface area contributed by atoms with E-state index in [1.807, 2.05) is 6.07 Å². The minimum Gasteiger partial charge on any atom is -0.497 e. The Morgan fingerprint density at radius 3 is 2.62 bits per heavy atom. The van der Waals surface area contributed by atoms with Crippen LogP contribution in [0.1, 0.15) is 16.8 Å². The smallest absolute Gasteiger partial charge is 0.335 e. The molecule has 8 heteroatoms. The number of methoxy groups -OCH3 is 1. The number of hydrogen-bond acceptors (Lipinski definition) is 5. The molecule has 0 radical (unpaired) electrons. The third kappa shape index (κ3) is 3.97. The second-order valence-corrected chi connectivity index (χ2v) is 6.84. The molecule has 1 heterocycles. The number of fused-ring (bicyclic) bond motifs is 1. The Morgan fingerprint density at radius 1 is 1.23 bits per heavy atom. The third-order valence-electron chi connectivity index (χ3n) is 3.79. The minimum atomic E-state index is -1.03. The molecule has 1 aliphatic rings. The summed E-state index contributed by atoms with van der Waals surface area (Å²) in [5, 5.41) is 13.8. The predicted molar refractivity (Wildman–Crippen MR) is 97.9 cm³/mol. The van der Waals surface area contributed by atoms with Gasteiger partial charge in [-0.05, 0) is 42.5 Å². The SMILES string of the molecule is COc1ccc2c(c1)SC(CC(=O)Nc1ccc(C(=O)O)cc1)C(=O)N2. The number of amides is 2. The van der Waals surface area contributed by atoms with Crippen LogP contribution in [-0.4, -0.2) is 35.2 Å². The lowest BCUT2D eigenvalue weighted by Gasteiger charge is -2.24. The average Bonchev–Trinajstić information content (AvgIpc) is 2.62. The van der Waals surface area contributed by atoms with E-state index in [4.69, 9.17) is 9.84 Å². The van der Waals surface area contributed by atoms with Crippen molar-refractivity contribution in [2.75, 3.05) is 17.7 Å². The molecule has 0 spiro atoms. The number of carboxylic acids is 1. The Labute approximate surface area is 153 Å². The standard InChI is InChI=1S/C18H16N2O5S/c1-25-12-6-7-13-14(8-12)26-15(17(22)20-13)9-16(21)19-11-4-2-10(3-5-11)18(23)24/h2-8,15H,9H2,1H3,(H,19,21)(H,20,22)(H,23,24). The van der Waals surface area contributed by atoms with Gasteiger partial charge < -0.3 is 20.5 Å². The molecule has 2 aromatic rings. The number of carbonyl (C=O) groups excluding carboxylic acids is 2. The Bertz CT molecular complexity index is 866. The molecular weight excluding hydrogens is 356 g/mol. The van der Waals surface area contributed by atoms with Crippen molar-refractivity contribution in [2.45, 2.75) is 16.6 Å². The number of hydrogen-bond donors (Lipinski definition) is 3. The summed E-state index contributed by atoms with van der Waals surface area (Å²) in [5.41, 5.74) is 1.31. The average molecular weight is 372 g/mol. The number of nitrogens with one attached hydrogen (secondary N) is 2. The minimum absolute atomic E-state index is 0.00612. The van der Waals surface area contributed by atoms with Crippen LogP contribution in [0.15, 0.2) is 47.4 Å². The van der Waals surface area contributed by atoms with Crippen LogP contribution in [0.25, 0.3) is 0 Å². The second kappa shape index (κ2) is 7.49. The summed E-state index contributed by atoms with van der Waals surface area (Å²) >= 11 is 1.31. The van der Waals surface area contributed by atoms with Crippen molar-refractivity contribution in [1.29, 1.82) is 0 Å². The molecule has 134 valence electrons. The van der Waals surface area contributed by atoms with E-state index in [-0.39, 0.29) is 23.8 Å². The molecule has 2 amide bonds. The molecule has 1 atom stereocenters. The highest BCUT2D eigenvalue weighted by molar-refractivity contribution is 8.01. The zero-order chi connectivity index (χ0) is 18.7. The van der Waals surface area contributed by atoms with Crippen LogP contribution in [0.4, 0.5) is 11.4 Å². The second-order valence-electron chi connectivity index (χ2n) is 5.59. The number of benzene rings is 2. The molecule has 0 saturated carbocycles. The van der Waals surface area contributed by atoms with Gasteiger partial charge in [0.25, 0.3) is 0 Å². The topological polar surface area (TPSA) is 105 Å². The van der Waals surface area contributed by atoms with Crippen molar-refractivity contribution in [3.63, 3.8) is 0 Å². The molecule has 0 saturated heterocycles. The van der Waals surface area contributed by atoms with Crippen molar-refractivity contribution >= 4 is 40.9 Å². The summed E-state index contributed by atoms with van der Waals surface area (Å²) in [6, 6.07) is 11.2. The predicted octanol–water partition coefficient (Wildman–Crippen LogP) is 2.83. The molecule has 0 bridgehead atoms. The van der Waals surface area contributed by atoms with E-state index in [0.29, 0.717) is 17.1 Å². The van der Waals surface area contributed by atoms with Gasteiger partial charge in [-0.2, -0.15) is 0 Å². The van der Waals surface area contributed by atoms with E-state index >= 15 is 0 Å². The molecular formula is C18H16N2O5S. The quantitative estimate of drug-likeness (QED) is 0.745. The van der Waals surface area contributed by atoms with E-state index in [1.165, 1.54) is 36.0 Å². The van der Waals surface area contributed by atoms with Gasteiger partial charge in [0.05, 0.1) is 23.6 Å². The van der Waals surface area contributed by atoms with Gasteiger partial charge in [-0.25, -0.2) is 4.79 Å². The fraction of sp³-hybridized carbons (Fsp3) is 0.167. The maximum absolute atomic E-state index is 12.2. The Hall–Kier alpha value is -3.00. The van der Waals surface area contributed by atoms with Crippen LogP contribution >= 0.6 is 11.8 Å². The number of thioether (sulfide) groups is 1. The summed E-state index contributed by atoms with van der Waals surface area (Å²) in [6.07, 6.45) is -0.00612. The van der Waals surface area contributed by atoms with Gasteiger partial charge in [0.2, 0.25) is 11.8 Å². The van der Waals surface area contributed by atoms with E-state index in [1.54, 1.807) is 19.2 Å². The molecule has 3 N–H and O–H groups in total. The summed E-state index contributed by atoms with van der Waals surface area (Å²) < 4.78 is 5.18. The Balaban J connectivity index is 1.65. The van der Waals surface area contributed by atoms with Crippen LogP contribution in [0, 0.1) is 0 Å². The Kier molecular flexibility index (Phi) is 5.13. The summed E-state index contributed by atoms with van der Waals surface area (Å²) in [5.74, 6) is -0.919.